The van der Waals surface area contributed by atoms with Gasteiger partial charge < -0.3 is 20.8 Å². The Morgan fingerprint density at radius 2 is 1.95 bits per heavy atom. The Hall–Kier alpha value is -1.79. The lowest BCUT2D eigenvalue weighted by molar-refractivity contribution is -0.145. The predicted octanol–water partition coefficient (Wildman–Crippen LogP) is 1.43. The van der Waals surface area contributed by atoms with E-state index in [0.29, 0.717) is 12.5 Å². The van der Waals surface area contributed by atoms with Gasteiger partial charge in [-0.1, -0.05) is 26.2 Å². The molecule has 7 heteroatoms. The summed E-state index contributed by atoms with van der Waals surface area (Å²) in [7, 11) is 0. The van der Waals surface area contributed by atoms with Gasteiger partial charge in [0, 0.05) is 6.54 Å². The molecule has 1 aliphatic carbocycles. The summed E-state index contributed by atoms with van der Waals surface area (Å²) < 4.78 is 0. The van der Waals surface area contributed by atoms with E-state index in [1.54, 1.807) is 0 Å². The van der Waals surface area contributed by atoms with Gasteiger partial charge >= 0.3 is 18.0 Å². The van der Waals surface area contributed by atoms with E-state index in [0.717, 1.165) is 12.3 Å². The summed E-state index contributed by atoms with van der Waals surface area (Å²) in [6.45, 7) is 2.71. The molecule has 0 aliphatic heterocycles. The van der Waals surface area contributed by atoms with Gasteiger partial charge in [-0.2, -0.15) is 0 Å². The Morgan fingerprint density at radius 1 is 1.24 bits per heavy atom. The first-order valence-corrected chi connectivity index (χ1v) is 7.37. The molecule has 1 saturated carbocycles. The van der Waals surface area contributed by atoms with Crippen LogP contribution in [-0.2, 0) is 9.59 Å². The average Bonchev–Trinajstić information content (AvgIpc) is 2.37. The van der Waals surface area contributed by atoms with E-state index in [-0.39, 0.29) is 0 Å². The molecule has 0 aromatic heterocycles. The number of amides is 2. The number of urea groups is 1. The van der Waals surface area contributed by atoms with Crippen LogP contribution in [0.25, 0.3) is 0 Å². The van der Waals surface area contributed by atoms with Crippen molar-refractivity contribution in [3.63, 3.8) is 0 Å². The third kappa shape index (κ3) is 6.97. The summed E-state index contributed by atoms with van der Waals surface area (Å²) in [5, 5.41) is 22.2. The third-order valence-corrected chi connectivity index (χ3v) is 3.87. The van der Waals surface area contributed by atoms with E-state index in [9.17, 15) is 14.4 Å². The fourth-order valence-electron chi connectivity index (χ4n) is 2.80. The molecule has 0 bridgehead atoms. The number of nitrogens with one attached hydrogen (secondary N) is 2. The fraction of sp³-hybridized carbons (Fsp3) is 0.786. The second-order valence-corrected chi connectivity index (χ2v) is 5.82. The molecule has 0 saturated heterocycles. The van der Waals surface area contributed by atoms with E-state index in [1.807, 2.05) is 0 Å². The van der Waals surface area contributed by atoms with E-state index >= 15 is 0 Å². The van der Waals surface area contributed by atoms with Gasteiger partial charge in [-0.25, -0.2) is 9.59 Å². The standard InChI is InChI=1S/C14H24N2O5/c1-9-3-2-4-10(7-9)5-6-15-14(21)16-11(13(19)20)8-12(17)18/h9-11H,2-8H2,1H3,(H,17,18)(H,19,20)(H2,15,16,21)/t9?,10?,11-/m0/s1. The van der Waals surface area contributed by atoms with Crippen LogP contribution < -0.4 is 10.6 Å². The molecule has 7 nitrogen and oxygen atoms in total. The molecule has 0 heterocycles. The highest BCUT2D eigenvalue weighted by Crippen LogP contribution is 2.30. The van der Waals surface area contributed by atoms with E-state index in [1.165, 1.54) is 25.7 Å². The zero-order valence-electron chi connectivity index (χ0n) is 12.3. The van der Waals surface area contributed by atoms with Crippen LogP contribution in [0.5, 0.6) is 0 Å². The summed E-state index contributed by atoms with van der Waals surface area (Å²) in [6, 6.07) is -2.04. The van der Waals surface area contributed by atoms with Gasteiger partial charge in [0.2, 0.25) is 0 Å². The van der Waals surface area contributed by atoms with Gasteiger partial charge in [-0.05, 0) is 24.7 Å². The quantitative estimate of drug-likeness (QED) is 0.567. The lowest BCUT2D eigenvalue weighted by Crippen LogP contribution is -2.47. The molecule has 2 unspecified atom stereocenters. The van der Waals surface area contributed by atoms with Crippen molar-refractivity contribution < 1.29 is 24.6 Å². The number of carboxylic acid groups (broad SMARTS) is 2. The van der Waals surface area contributed by atoms with Crippen molar-refractivity contribution in [3.8, 4) is 0 Å². The van der Waals surface area contributed by atoms with Crippen LogP contribution in [0.15, 0.2) is 0 Å². The summed E-state index contributed by atoms with van der Waals surface area (Å²) >= 11 is 0. The van der Waals surface area contributed by atoms with Gasteiger partial charge in [0.25, 0.3) is 0 Å². The molecule has 0 radical (unpaired) electrons. The highest BCUT2D eigenvalue weighted by atomic mass is 16.4. The van der Waals surface area contributed by atoms with Crippen LogP contribution in [0.1, 0.15) is 45.4 Å². The smallest absolute Gasteiger partial charge is 0.326 e. The maximum atomic E-state index is 11.6. The minimum absolute atomic E-state index is 0.475. The average molecular weight is 300 g/mol. The Balaban J connectivity index is 2.26. The number of carbonyl (C=O) groups is 3. The zero-order chi connectivity index (χ0) is 15.8. The number of carboxylic acids is 2. The fourth-order valence-corrected chi connectivity index (χ4v) is 2.80. The molecule has 1 aliphatic rings. The highest BCUT2D eigenvalue weighted by molar-refractivity contribution is 5.86. The van der Waals surface area contributed by atoms with Gasteiger partial charge in [0.05, 0.1) is 6.42 Å². The van der Waals surface area contributed by atoms with Crippen molar-refractivity contribution in [1.29, 1.82) is 0 Å². The van der Waals surface area contributed by atoms with Gasteiger partial charge in [-0.3, -0.25) is 4.79 Å². The normalized spacial score (nSPS) is 23.1. The Kier molecular flexibility index (Phi) is 6.98. The summed E-state index contributed by atoms with van der Waals surface area (Å²) in [4.78, 5) is 32.9. The Bertz CT molecular complexity index is 386. The van der Waals surface area contributed by atoms with Crippen molar-refractivity contribution in [3.05, 3.63) is 0 Å². The SMILES string of the molecule is CC1CCCC(CCNC(=O)N[C@@H](CC(=O)O)C(=O)O)C1. The first kappa shape index (κ1) is 17.3. The molecule has 1 fully saturated rings. The largest absolute Gasteiger partial charge is 0.481 e. The molecule has 4 N–H and O–H groups in total. The minimum atomic E-state index is -1.41. The molecule has 3 atom stereocenters. The molecule has 0 aromatic rings. The maximum Gasteiger partial charge on any atom is 0.326 e. The molecular weight excluding hydrogens is 276 g/mol. The monoisotopic (exact) mass is 300 g/mol. The van der Waals surface area contributed by atoms with Gasteiger partial charge in [0.15, 0.2) is 0 Å². The molecule has 21 heavy (non-hydrogen) atoms. The van der Waals surface area contributed by atoms with Crippen LogP contribution >= 0.6 is 0 Å². The highest BCUT2D eigenvalue weighted by Gasteiger charge is 2.23. The number of hydrogen-bond donors (Lipinski definition) is 4. The van der Waals surface area contributed by atoms with Crippen LogP contribution in [0.2, 0.25) is 0 Å². The van der Waals surface area contributed by atoms with Crippen molar-refractivity contribution in [2.24, 2.45) is 11.8 Å². The lowest BCUT2D eigenvalue weighted by atomic mass is 9.81. The van der Waals surface area contributed by atoms with Crippen LogP contribution in [-0.4, -0.2) is 40.8 Å². The third-order valence-electron chi connectivity index (χ3n) is 3.87. The second-order valence-electron chi connectivity index (χ2n) is 5.82. The van der Waals surface area contributed by atoms with Crippen LogP contribution in [0.3, 0.4) is 0 Å². The Labute approximate surface area is 124 Å². The van der Waals surface area contributed by atoms with Crippen molar-refractivity contribution in [2.75, 3.05) is 6.54 Å². The van der Waals surface area contributed by atoms with Gasteiger partial charge in [0.1, 0.15) is 6.04 Å². The van der Waals surface area contributed by atoms with Crippen molar-refractivity contribution >= 4 is 18.0 Å². The number of rotatable bonds is 7. The maximum absolute atomic E-state index is 11.6. The molecule has 1 rings (SSSR count). The summed E-state index contributed by atoms with van der Waals surface area (Å²) in [5.74, 6) is -1.29. The number of hydrogen-bond acceptors (Lipinski definition) is 3. The van der Waals surface area contributed by atoms with E-state index in [2.05, 4.69) is 17.6 Å². The van der Waals surface area contributed by atoms with Crippen LogP contribution in [0, 0.1) is 11.8 Å². The Morgan fingerprint density at radius 3 is 2.52 bits per heavy atom. The number of aliphatic carboxylic acids is 2. The molecule has 0 aromatic carbocycles. The molecule has 2 amide bonds. The predicted molar refractivity (Wildman–Crippen MR) is 76.0 cm³/mol. The summed E-state index contributed by atoms with van der Waals surface area (Å²) in [6.07, 6.45) is 5.05. The number of carbonyl (C=O) groups excluding carboxylic acids is 1. The van der Waals surface area contributed by atoms with Gasteiger partial charge in [-0.15, -0.1) is 0 Å². The zero-order valence-corrected chi connectivity index (χ0v) is 12.3. The molecular formula is C14H24N2O5. The molecule has 120 valence electrons. The van der Waals surface area contributed by atoms with Crippen LogP contribution in [0.4, 0.5) is 4.79 Å². The van der Waals surface area contributed by atoms with Crippen molar-refractivity contribution in [1.82, 2.24) is 10.6 Å². The first-order valence-electron chi connectivity index (χ1n) is 7.37. The lowest BCUT2D eigenvalue weighted by Gasteiger charge is -2.26. The van der Waals surface area contributed by atoms with E-state index < -0.39 is 30.4 Å². The van der Waals surface area contributed by atoms with Crippen molar-refractivity contribution in [2.45, 2.75) is 51.5 Å². The minimum Gasteiger partial charge on any atom is -0.481 e. The first-order chi connectivity index (χ1) is 9.88. The topological polar surface area (TPSA) is 116 Å². The summed E-state index contributed by atoms with van der Waals surface area (Å²) in [5.41, 5.74) is 0. The van der Waals surface area contributed by atoms with E-state index in [4.69, 9.17) is 10.2 Å². The molecule has 0 spiro atoms. The second kappa shape index (κ2) is 8.49.